The summed E-state index contributed by atoms with van der Waals surface area (Å²) in [7, 11) is 0. The summed E-state index contributed by atoms with van der Waals surface area (Å²) < 4.78 is 19.1. The third kappa shape index (κ3) is 2.30. The SMILES string of the molecule is NCc1nnc(-c2csc(C(=O)c3c[nH]c4c(F)cccc34)n2)o1. The number of halogens is 1. The number of carbonyl (C=O) groups is 1. The number of para-hydroxylation sites is 1. The highest BCUT2D eigenvalue weighted by Gasteiger charge is 2.20. The molecule has 0 aliphatic carbocycles. The van der Waals surface area contributed by atoms with Crippen molar-refractivity contribution in [2.45, 2.75) is 6.54 Å². The van der Waals surface area contributed by atoms with E-state index in [4.69, 9.17) is 10.2 Å². The molecule has 24 heavy (non-hydrogen) atoms. The van der Waals surface area contributed by atoms with Gasteiger partial charge in [0.15, 0.2) is 5.01 Å². The van der Waals surface area contributed by atoms with Crippen molar-refractivity contribution in [3.05, 3.63) is 52.1 Å². The Bertz CT molecular complexity index is 1050. The third-order valence-electron chi connectivity index (χ3n) is 3.47. The first kappa shape index (κ1) is 14.7. The minimum absolute atomic E-state index is 0.129. The zero-order valence-corrected chi connectivity index (χ0v) is 12.9. The molecule has 0 aliphatic rings. The second kappa shape index (κ2) is 5.62. The van der Waals surface area contributed by atoms with Gasteiger partial charge < -0.3 is 15.1 Å². The number of aromatic amines is 1. The van der Waals surface area contributed by atoms with Crippen LogP contribution < -0.4 is 5.73 Å². The molecule has 0 saturated heterocycles. The van der Waals surface area contributed by atoms with Crippen LogP contribution in [0.3, 0.4) is 0 Å². The minimum atomic E-state index is -0.411. The van der Waals surface area contributed by atoms with Crippen molar-refractivity contribution in [2.75, 3.05) is 0 Å². The van der Waals surface area contributed by atoms with Crippen LogP contribution in [0.4, 0.5) is 4.39 Å². The summed E-state index contributed by atoms with van der Waals surface area (Å²) in [4.78, 5) is 19.7. The lowest BCUT2D eigenvalue weighted by atomic mass is 10.1. The van der Waals surface area contributed by atoms with Gasteiger partial charge in [0.05, 0.1) is 17.6 Å². The Morgan fingerprint density at radius 1 is 1.38 bits per heavy atom. The molecule has 3 heterocycles. The fourth-order valence-corrected chi connectivity index (χ4v) is 3.08. The summed E-state index contributed by atoms with van der Waals surface area (Å²) in [5.74, 6) is -0.220. The van der Waals surface area contributed by atoms with Crippen molar-refractivity contribution in [3.63, 3.8) is 0 Å². The quantitative estimate of drug-likeness (QED) is 0.551. The van der Waals surface area contributed by atoms with Crippen LogP contribution in [0.25, 0.3) is 22.5 Å². The van der Waals surface area contributed by atoms with E-state index in [2.05, 4.69) is 20.2 Å². The summed E-state index contributed by atoms with van der Waals surface area (Å²) in [5, 5.41) is 10.0. The first-order valence-electron chi connectivity index (χ1n) is 6.96. The molecule has 0 amide bonds. The van der Waals surface area contributed by atoms with Crippen LogP contribution in [-0.4, -0.2) is 25.9 Å². The van der Waals surface area contributed by atoms with Gasteiger partial charge >= 0.3 is 0 Å². The lowest BCUT2D eigenvalue weighted by molar-refractivity contribution is 0.104. The Balaban J connectivity index is 1.71. The van der Waals surface area contributed by atoms with Gasteiger partial charge in [-0.05, 0) is 6.07 Å². The normalized spacial score (nSPS) is 11.2. The van der Waals surface area contributed by atoms with E-state index in [1.165, 1.54) is 12.3 Å². The van der Waals surface area contributed by atoms with Gasteiger partial charge in [0.2, 0.25) is 11.7 Å². The van der Waals surface area contributed by atoms with Crippen LogP contribution in [0.15, 0.2) is 34.2 Å². The number of aromatic nitrogens is 4. The van der Waals surface area contributed by atoms with Crippen molar-refractivity contribution in [2.24, 2.45) is 5.73 Å². The van der Waals surface area contributed by atoms with E-state index in [9.17, 15) is 9.18 Å². The summed E-state index contributed by atoms with van der Waals surface area (Å²) in [6, 6.07) is 4.57. The molecule has 0 aliphatic heterocycles. The lowest BCUT2D eigenvalue weighted by Gasteiger charge is -1.96. The van der Waals surface area contributed by atoms with Crippen LogP contribution in [0.1, 0.15) is 21.3 Å². The molecule has 9 heteroatoms. The van der Waals surface area contributed by atoms with Crippen molar-refractivity contribution < 1.29 is 13.6 Å². The first-order chi connectivity index (χ1) is 11.7. The largest absolute Gasteiger partial charge is 0.418 e. The molecule has 120 valence electrons. The number of H-pyrrole nitrogens is 1. The van der Waals surface area contributed by atoms with E-state index in [1.54, 1.807) is 17.5 Å². The Hall–Kier alpha value is -2.91. The van der Waals surface area contributed by atoms with Crippen molar-refractivity contribution in [1.82, 2.24) is 20.2 Å². The Morgan fingerprint density at radius 3 is 3.04 bits per heavy atom. The van der Waals surface area contributed by atoms with Gasteiger partial charge in [0, 0.05) is 17.0 Å². The number of hydrogen-bond donors (Lipinski definition) is 2. The highest BCUT2D eigenvalue weighted by atomic mass is 32.1. The molecule has 3 aromatic heterocycles. The van der Waals surface area contributed by atoms with Crippen LogP contribution in [0.2, 0.25) is 0 Å². The topological polar surface area (TPSA) is 111 Å². The molecule has 4 aromatic rings. The predicted molar refractivity (Wildman–Crippen MR) is 85.0 cm³/mol. The van der Waals surface area contributed by atoms with Gasteiger partial charge in [-0.15, -0.1) is 21.5 Å². The molecule has 3 N–H and O–H groups in total. The number of fused-ring (bicyclic) bond motifs is 1. The number of nitrogens with one attached hydrogen (secondary N) is 1. The lowest BCUT2D eigenvalue weighted by Crippen LogP contribution is -1.99. The second-order valence-electron chi connectivity index (χ2n) is 4.94. The van der Waals surface area contributed by atoms with E-state index in [0.717, 1.165) is 11.3 Å². The first-order valence-corrected chi connectivity index (χ1v) is 7.84. The van der Waals surface area contributed by atoms with E-state index in [-0.39, 0.29) is 29.1 Å². The van der Waals surface area contributed by atoms with Crippen LogP contribution in [-0.2, 0) is 6.54 Å². The average Bonchev–Trinajstić information content (AvgIpc) is 3.32. The van der Waals surface area contributed by atoms with Gasteiger partial charge in [-0.25, -0.2) is 9.37 Å². The zero-order valence-electron chi connectivity index (χ0n) is 12.1. The molecule has 7 nitrogen and oxygen atoms in total. The number of nitrogens with two attached hydrogens (primary N) is 1. The fourth-order valence-electron chi connectivity index (χ4n) is 2.34. The van der Waals surface area contributed by atoms with Crippen LogP contribution >= 0.6 is 11.3 Å². The number of hydrogen-bond acceptors (Lipinski definition) is 7. The van der Waals surface area contributed by atoms with E-state index in [0.29, 0.717) is 22.2 Å². The van der Waals surface area contributed by atoms with Gasteiger partial charge in [0.25, 0.3) is 5.89 Å². The molecule has 0 fully saturated rings. The van der Waals surface area contributed by atoms with E-state index in [1.807, 2.05) is 0 Å². The molecular formula is C15H10FN5O2S. The monoisotopic (exact) mass is 343 g/mol. The number of ketones is 1. The van der Waals surface area contributed by atoms with Crippen LogP contribution in [0, 0.1) is 5.82 Å². The number of rotatable bonds is 4. The van der Waals surface area contributed by atoms with Gasteiger partial charge in [-0.2, -0.15) is 0 Å². The van der Waals surface area contributed by atoms with Gasteiger partial charge in [-0.3, -0.25) is 4.79 Å². The highest BCUT2D eigenvalue weighted by molar-refractivity contribution is 7.12. The molecule has 0 saturated carbocycles. The maximum atomic E-state index is 13.7. The highest BCUT2D eigenvalue weighted by Crippen LogP contribution is 2.26. The number of nitrogens with zero attached hydrogens (tertiary/aromatic N) is 3. The Labute approximate surface area is 138 Å². The molecule has 0 spiro atoms. The summed E-state index contributed by atoms with van der Waals surface area (Å²) in [5.41, 5.74) is 6.48. The smallest absolute Gasteiger partial charge is 0.267 e. The fraction of sp³-hybridized carbons (Fsp3) is 0.0667. The summed E-state index contributed by atoms with van der Waals surface area (Å²) in [6.45, 7) is 0.129. The minimum Gasteiger partial charge on any atom is -0.418 e. The Kier molecular flexibility index (Phi) is 3.44. The van der Waals surface area contributed by atoms with Crippen molar-refractivity contribution >= 4 is 28.0 Å². The van der Waals surface area contributed by atoms with Gasteiger partial charge in [0.1, 0.15) is 11.5 Å². The predicted octanol–water partition coefficient (Wildman–Crippen LogP) is 2.50. The standard InChI is InChI=1S/C15H10FN5O2S/c16-9-3-1-2-7-8(5-18-12(7)9)13(22)15-19-10(6-24-15)14-21-20-11(4-17)23-14/h1-3,5-6,18H,4,17H2. The number of benzene rings is 1. The number of carbonyl (C=O) groups excluding carboxylic acids is 1. The van der Waals surface area contributed by atoms with Crippen molar-refractivity contribution in [1.29, 1.82) is 0 Å². The molecule has 1 aromatic carbocycles. The second-order valence-corrected chi connectivity index (χ2v) is 5.79. The maximum absolute atomic E-state index is 13.7. The third-order valence-corrected chi connectivity index (χ3v) is 4.31. The molecule has 0 atom stereocenters. The number of thiazole rings is 1. The zero-order chi connectivity index (χ0) is 16.7. The summed E-state index contributed by atoms with van der Waals surface area (Å²) >= 11 is 1.15. The summed E-state index contributed by atoms with van der Waals surface area (Å²) in [6.07, 6.45) is 1.48. The molecule has 4 rings (SSSR count). The molecule has 0 bridgehead atoms. The molecular weight excluding hydrogens is 333 g/mol. The van der Waals surface area contributed by atoms with Gasteiger partial charge in [-0.1, -0.05) is 12.1 Å². The average molecular weight is 343 g/mol. The van der Waals surface area contributed by atoms with E-state index < -0.39 is 5.82 Å². The Morgan fingerprint density at radius 2 is 2.25 bits per heavy atom. The van der Waals surface area contributed by atoms with Crippen molar-refractivity contribution in [3.8, 4) is 11.6 Å². The van der Waals surface area contributed by atoms with E-state index >= 15 is 0 Å². The molecule has 0 radical (unpaired) electrons. The maximum Gasteiger partial charge on any atom is 0.267 e. The molecule has 0 unspecified atom stereocenters. The van der Waals surface area contributed by atoms with Crippen LogP contribution in [0.5, 0.6) is 0 Å².